The van der Waals surface area contributed by atoms with Gasteiger partial charge in [0.1, 0.15) is 11.5 Å². The minimum absolute atomic E-state index is 0.0468. The summed E-state index contributed by atoms with van der Waals surface area (Å²) in [6, 6.07) is 17.0. The minimum atomic E-state index is -4.94. The van der Waals surface area contributed by atoms with Crippen LogP contribution in [0.15, 0.2) is 72.8 Å². The lowest BCUT2D eigenvalue weighted by atomic mass is 9.90. The maximum absolute atomic E-state index is 13.9. The number of rotatable bonds is 10. The van der Waals surface area contributed by atoms with Gasteiger partial charge in [-0.15, -0.1) is 0 Å². The van der Waals surface area contributed by atoms with Gasteiger partial charge in [0.2, 0.25) is 11.2 Å². The number of esters is 1. The van der Waals surface area contributed by atoms with Gasteiger partial charge in [0, 0.05) is 39.8 Å². The maximum Gasteiger partial charge on any atom is 0.425 e. The highest BCUT2D eigenvalue weighted by Crippen LogP contribution is 2.59. The molecule has 0 aromatic heterocycles. The topological polar surface area (TPSA) is 85.2 Å². The van der Waals surface area contributed by atoms with Crippen LogP contribution in [0.25, 0.3) is 22.3 Å². The van der Waals surface area contributed by atoms with E-state index in [-0.39, 0.29) is 97.1 Å². The molecule has 0 fully saturated rings. The summed E-state index contributed by atoms with van der Waals surface area (Å²) < 4.78 is 99.1. The zero-order chi connectivity index (χ0) is 40.6. The number of benzene rings is 4. The Hall–Kier alpha value is -3.97. The molecule has 0 bridgehead atoms. The minimum Gasteiger partial charge on any atom is -0.494 e. The number of carbonyl (C=O) groups excluding carboxylic acids is 1. The van der Waals surface area contributed by atoms with Crippen molar-refractivity contribution in [2.45, 2.75) is 76.9 Å². The lowest BCUT2D eigenvalue weighted by Gasteiger charge is -2.28. The quantitative estimate of drug-likeness (QED) is 0.0942. The van der Waals surface area contributed by atoms with Crippen molar-refractivity contribution in [1.82, 2.24) is 0 Å². The molecule has 0 aliphatic heterocycles. The summed E-state index contributed by atoms with van der Waals surface area (Å²) in [7, 11) is 0. The second-order valence-corrected chi connectivity index (χ2v) is 15.2. The van der Waals surface area contributed by atoms with Crippen LogP contribution < -0.4 is 9.47 Å². The molecule has 0 saturated heterocycles. The van der Waals surface area contributed by atoms with Gasteiger partial charge in [-0.3, -0.25) is 4.79 Å². The summed E-state index contributed by atoms with van der Waals surface area (Å²) in [5, 5.41) is 21.6. The second kappa shape index (κ2) is 15.9. The Morgan fingerprint density at radius 3 is 1.49 bits per heavy atom. The largest absolute Gasteiger partial charge is 0.494 e. The van der Waals surface area contributed by atoms with E-state index >= 15 is 0 Å². The van der Waals surface area contributed by atoms with Gasteiger partial charge in [0.15, 0.2) is 0 Å². The van der Waals surface area contributed by atoms with Crippen molar-refractivity contribution in [3.05, 3.63) is 105 Å². The number of aliphatic hydroxyl groups is 2. The van der Waals surface area contributed by atoms with E-state index in [2.05, 4.69) is 20.8 Å². The molecule has 0 amide bonds. The van der Waals surface area contributed by atoms with Crippen molar-refractivity contribution in [3.63, 3.8) is 0 Å². The fourth-order valence-electron chi connectivity index (χ4n) is 6.81. The lowest BCUT2D eigenvalue weighted by Crippen LogP contribution is -2.41. The monoisotopic (exact) mass is 812 g/mol. The number of hydrogen-bond donors (Lipinski definition) is 2. The molecule has 0 saturated carbocycles. The molecule has 0 unspecified atom stereocenters. The molecule has 296 valence electrons. The second-order valence-electron chi connectivity index (χ2n) is 14.4. The summed E-state index contributed by atoms with van der Waals surface area (Å²) >= 11 is 12.6. The van der Waals surface area contributed by atoms with E-state index in [1.807, 2.05) is 0 Å². The SMILES string of the molecule is CC(C)(C)CCCOc1cc(Cl)c2c(c1)[C@@](O)(C(F)(F)F)c1ccccc1-2.CCOC(=O)CCCOc1cc(Cl)c2c(c1)[C@@](O)(C(F)(F)F)c1ccccc1-2. The van der Waals surface area contributed by atoms with E-state index in [1.54, 1.807) is 19.1 Å². The van der Waals surface area contributed by atoms with Gasteiger partial charge in [0.25, 0.3) is 0 Å². The third-order valence-corrected chi connectivity index (χ3v) is 9.94. The molecule has 6 rings (SSSR count). The predicted octanol–water partition coefficient (Wildman–Crippen LogP) is 11.2. The van der Waals surface area contributed by atoms with Gasteiger partial charge in [0.05, 0.1) is 29.9 Å². The smallest absolute Gasteiger partial charge is 0.425 e. The van der Waals surface area contributed by atoms with Crippen LogP contribution in [0, 0.1) is 5.41 Å². The molecule has 0 spiro atoms. The molecule has 6 nitrogen and oxygen atoms in total. The normalized spacial score (nSPS) is 18.4. The third kappa shape index (κ3) is 8.28. The van der Waals surface area contributed by atoms with Crippen molar-refractivity contribution < 1.29 is 55.6 Å². The van der Waals surface area contributed by atoms with E-state index in [0.717, 1.165) is 18.9 Å². The van der Waals surface area contributed by atoms with Gasteiger partial charge < -0.3 is 24.4 Å². The highest BCUT2D eigenvalue weighted by molar-refractivity contribution is 6.34. The molecule has 2 N–H and O–H groups in total. The van der Waals surface area contributed by atoms with Crippen molar-refractivity contribution in [2.24, 2.45) is 5.41 Å². The first-order valence-electron chi connectivity index (χ1n) is 17.5. The molecule has 14 heteroatoms. The van der Waals surface area contributed by atoms with E-state index in [0.29, 0.717) is 13.0 Å². The molecule has 2 atom stereocenters. The molecule has 0 radical (unpaired) electrons. The van der Waals surface area contributed by atoms with Gasteiger partial charge in [-0.2, -0.15) is 26.3 Å². The highest BCUT2D eigenvalue weighted by atomic mass is 35.5. The molecule has 4 aromatic rings. The van der Waals surface area contributed by atoms with Crippen LogP contribution >= 0.6 is 23.2 Å². The molecular weight excluding hydrogens is 773 g/mol. The van der Waals surface area contributed by atoms with Crippen LogP contribution in [0.2, 0.25) is 10.0 Å². The summed E-state index contributed by atoms with van der Waals surface area (Å²) in [5.74, 6) is -0.0637. The molecule has 2 aliphatic rings. The van der Waals surface area contributed by atoms with Crippen molar-refractivity contribution in [2.75, 3.05) is 19.8 Å². The van der Waals surface area contributed by atoms with Crippen molar-refractivity contribution in [1.29, 1.82) is 0 Å². The maximum atomic E-state index is 13.9. The van der Waals surface area contributed by atoms with E-state index in [1.165, 1.54) is 54.6 Å². The number of hydrogen-bond acceptors (Lipinski definition) is 6. The average molecular weight is 814 g/mol. The van der Waals surface area contributed by atoms with Crippen LogP contribution in [0.1, 0.15) is 75.6 Å². The number of halogens is 8. The van der Waals surface area contributed by atoms with Gasteiger partial charge in [-0.1, -0.05) is 92.5 Å². The van der Waals surface area contributed by atoms with Crippen molar-refractivity contribution in [3.8, 4) is 33.8 Å². The summed E-state index contributed by atoms with van der Waals surface area (Å²) in [4.78, 5) is 11.3. The van der Waals surface area contributed by atoms with Crippen LogP contribution in [0.5, 0.6) is 11.5 Å². The number of fused-ring (bicyclic) bond motifs is 6. The van der Waals surface area contributed by atoms with Gasteiger partial charge in [-0.05, 0) is 67.0 Å². The summed E-state index contributed by atoms with van der Waals surface area (Å²) in [5.41, 5.74) is -6.39. The number of alkyl halides is 6. The molecule has 2 aliphatic carbocycles. The highest BCUT2D eigenvalue weighted by Gasteiger charge is 2.62. The predicted molar refractivity (Wildman–Crippen MR) is 197 cm³/mol. The zero-order valence-electron chi connectivity index (χ0n) is 30.4. The van der Waals surface area contributed by atoms with E-state index in [9.17, 15) is 41.4 Å². The molecule has 55 heavy (non-hydrogen) atoms. The van der Waals surface area contributed by atoms with E-state index in [4.69, 9.17) is 37.4 Å². The third-order valence-electron chi connectivity index (χ3n) is 9.34. The van der Waals surface area contributed by atoms with Crippen LogP contribution in [-0.2, 0) is 20.7 Å². The fraction of sp³-hybridized carbons (Fsp3) is 0.390. The molecule has 0 heterocycles. The first-order valence-corrected chi connectivity index (χ1v) is 18.3. The average Bonchev–Trinajstić information content (AvgIpc) is 3.53. The van der Waals surface area contributed by atoms with E-state index < -0.39 is 23.6 Å². The first-order chi connectivity index (χ1) is 25.6. The number of carbonyl (C=O) groups is 1. The Kier molecular flexibility index (Phi) is 12.2. The first kappa shape index (κ1) is 42.2. The van der Waals surface area contributed by atoms with Gasteiger partial charge >= 0.3 is 18.3 Å². The Morgan fingerprint density at radius 1 is 0.673 bits per heavy atom. The summed E-state index contributed by atoms with van der Waals surface area (Å²) in [6.45, 7) is 8.76. The van der Waals surface area contributed by atoms with Gasteiger partial charge in [-0.25, -0.2) is 0 Å². The Morgan fingerprint density at radius 2 is 1.09 bits per heavy atom. The number of ether oxygens (including phenoxy) is 3. The molecular formula is C41H40Cl2F6O6. The zero-order valence-corrected chi connectivity index (χ0v) is 31.9. The van der Waals surface area contributed by atoms with Crippen molar-refractivity contribution >= 4 is 29.2 Å². The Bertz CT molecular complexity index is 2040. The Balaban J connectivity index is 0.000000211. The lowest BCUT2D eigenvalue weighted by molar-refractivity contribution is -0.247. The molecule has 4 aromatic carbocycles. The fourth-order valence-corrected chi connectivity index (χ4v) is 7.44. The van der Waals surface area contributed by atoms with Crippen LogP contribution in [-0.4, -0.2) is 48.4 Å². The van der Waals surface area contributed by atoms with Crippen LogP contribution in [0.3, 0.4) is 0 Å². The summed E-state index contributed by atoms with van der Waals surface area (Å²) in [6.07, 6.45) is -7.68. The Labute approximate surface area is 324 Å². The standard InChI is InChI=1S/C21H22ClF3O2.C20H18ClF3O4/c1-19(2,3)9-6-10-27-13-11-16-18(17(22)12-13)14-7-4-5-8-15(14)20(16,26)21(23,24)25;1-2-27-17(25)8-5-9-28-12-10-15-18(16(21)11-12)13-6-3-4-7-14(13)19(15,26)20(22,23)24/h4-5,7-8,11-12,26H,6,9-10H2,1-3H3;3-4,6-7,10-11,26H,2,5,8-9H2,1H3/t20-;19-/m11/s1. The van der Waals surface area contributed by atoms with Crippen LogP contribution in [0.4, 0.5) is 26.3 Å².